The number of nitrogens with zero attached hydrogens (tertiary/aromatic N) is 2. The molecule has 0 fully saturated rings. The number of halogens is 2. The predicted octanol–water partition coefficient (Wildman–Crippen LogP) is 2.05. The number of aromatic nitrogens is 2. The van der Waals surface area contributed by atoms with Crippen LogP contribution in [0, 0.1) is 11.9 Å². The van der Waals surface area contributed by atoms with E-state index in [9.17, 15) is 8.78 Å². The molecule has 0 aliphatic heterocycles. The molecule has 0 aromatic carbocycles. The number of rotatable bonds is 0. The third kappa shape index (κ3) is 1.75. The molecule has 1 aromatic heterocycles. The summed E-state index contributed by atoms with van der Waals surface area (Å²) in [6, 6.07) is 1.07. The van der Waals surface area contributed by atoms with Crippen LogP contribution < -0.4 is 0 Å². The van der Waals surface area contributed by atoms with Gasteiger partial charge >= 0.3 is 0 Å². The minimum absolute atomic E-state index is 0.245. The molecule has 0 saturated carbocycles. The van der Waals surface area contributed by atoms with Crippen molar-refractivity contribution in [3.63, 3.8) is 0 Å². The van der Waals surface area contributed by atoms with E-state index in [1.807, 2.05) is 0 Å². The summed E-state index contributed by atoms with van der Waals surface area (Å²) in [5, 5.41) is 6.01. The third-order valence-electron chi connectivity index (χ3n) is 1.53. The van der Waals surface area contributed by atoms with Gasteiger partial charge in [-0.3, -0.25) is 0 Å². The first-order valence-electron chi connectivity index (χ1n) is 3.60. The van der Waals surface area contributed by atoms with Crippen LogP contribution in [0.3, 0.4) is 0 Å². The Bertz CT molecular complexity index is 292. The molecule has 4 heteroatoms. The van der Waals surface area contributed by atoms with E-state index >= 15 is 0 Å². The predicted molar refractivity (Wildman–Crippen MR) is 40.6 cm³/mol. The Morgan fingerprint density at radius 2 is 1.75 bits per heavy atom. The first-order chi connectivity index (χ1) is 5.41. The van der Waals surface area contributed by atoms with Crippen LogP contribution in [-0.2, 0) is 5.41 Å². The SMILES string of the molecule is CC(C)(C)c1cc(F)nnc1F. The molecule has 1 rings (SSSR count). The Morgan fingerprint density at radius 1 is 1.17 bits per heavy atom. The topological polar surface area (TPSA) is 25.8 Å². The van der Waals surface area contributed by atoms with E-state index in [1.165, 1.54) is 0 Å². The molecule has 0 bridgehead atoms. The summed E-state index contributed by atoms with van der Waals surface area (Å²) in [5.41, 5.74) is -0.198. The molecule has 12 heavy (non-hydrogen) atoms. The molecule has 66 valence electrons. The molecule has 0 unspecified atom stereocenters. The normalized spacial score (nSPS) is 11.8. The second-order valence-electron chi connectivity index (χ2n) is 3.62. The molecule has 0 atom stereocenters. The first kappa shape index (κ1) is 9.03. The lowest BCUT2D eigenvalue weighted by Crippen LogP contribution is -2.15. The van der Waals surface area contributed by atoms with Gasteiger partial charge in [-0.15, -0.1) is 10.2 Å². The maximum atomic E-state index is 12.9. The zero-order chi connectivity index (χ0) is 9.35. The van der Waals surface area contributed by atoms with Gasteiger partial charge in [0.2, 0.25) is 11.9 Å². The van der Waals surface area contributed by atoms with Crippen molar-refractivity contribution in [1.29, 1.82) is 0 Å². The van der Waals surface area contributed by atoms with E-state index in [0.717, 1.165) is 6.07 Å². The Kier molecular flexibility index (Phi) is 2.08. The zero-order valence-corrected chi connectivity index (χ0v) is 7.23. The van der Waals surface area contributed by atoms with Gasteiger partial charge in [-0.1, -0.05) is 20.8 Å². The summed E-state index contributed by atoms with van der Waals surface area (Å²) in [7, 11) is 0. The van der Waals surface area contributed by atoms with E-state index in [4.69, 9.17) is 0 Å². The molecule has 0 saturated heterocycles. The second-order valence-corrected chi connectivity index (χ2v) is 3.62. The Morgan fingerprint density at radius 3 is 2.17 bits per heavy atom. The maximum Gasteiger partial charge on any atom is 0.237 e. The molecule has 0 amide bonds. The van der Waals surface area contributed by atoms with Crippen LogP contribution >= 0.6 is 0 Å². The van der Waals surface area contributed by atoms with Crippen LogP contribution in [0.5, 0.6) is 0 Å². The van der Waals surface area contributed by atoms with Gasteiger partial charge in [0.05, 0.1) is 0 Å². The third-order valence-corrected chi connectivity index (χ3v) is 1.53. The van der Waals surface area contributed by atoms with Crippen molar-refractivity contribution in [3.05, 3.63) is 23.5 Å². The van der Waals surface area contributed by atoms with Gasteiger partial charge < -0.3 is 0 Å². The van der Waals surface area contributed by atoms with Gasteiger partial charge in [0.1, 0.15) is 0 Å². The lowest BCUT2D eigenvalue weighted by molar-refractivity contribution is 0.456. The van der Waals surface area contributed by atoms with Crippen LogP contribution in [0.1, 0.15) is 26.3 Å². The van der Waals surface area contributed by atoms with Gasteiger partial charge in [0.25, 0.3) is 0 Å². The summed E-state index contributed by atoms with van der Waals surface area (Å²) in [6.45, 7) is 5.35. The summed E-state index contributed by atoms with van der Waals surface area (Å²) in [5.74, 6) is -1.45. The van der Waals surface area contributed by atoms with Crippen molar-refractivity contribution >= 4 is 0 Å². The second kappa shape index (κ2) is 2.77. The number of hydrogen-bond donors (Lipinski definition) is 0. The molecule has 2 nitrogen and oxygen atoms in total. The molecule has 1 heterocycles. The lowest BCUT2D eigenvalue weighted by atomic mass is 9.88. The van der Waals surface area contributed by atoms with E-state index in [2.05, 4.69) is 10.2 Å². The average Bonchev–Trinajstić information content (AvgIpc) is 1.92. The Hall–Kier alpha value is -1.06. The molecular formula is C8H10F2N2. The van der Waals surface area contributed by atoms with E-state index < -0.39 is 17.3 Å². The first-order valence-corrected chi connectivity index (χ1v) is 3.60. The summed E-state index contributed by atoms with van der Waals surface area (Å²) < 4.78 is 25.5. The largest absolute Gasteiger partial charge is 0.237 e. The van der Waals surface area contributed by atoms with Crippen molar-refractivity contribution in [1.82, 2.24) is 10.2 Å². The minimum atomic E-state index is -0.749. The van der Waals surface area contributed by atoms with Crippen LogP contribution in [0.2, 0.25) is 0 Å². The smallest absolute Gasteiger partial charge is 0.183 e. The zero-order valence-electron chi connectivity index (χ0n) is 7.23. The molecule has 0 N–H and O–H groups in total. The Balaban J connectivity index is 3.23. The quantitative estimate of drug-likeness (QED) is 0.598. The monoisotopic (exact) mass is 172 g/mol. The van der Waals surface area contributed by atoms with Crippen LogP contribution in [0.4, 0.5) is 8.78 Å². The fraction of sp³-hybridized carbons (Fsp3) is 0.500. The highest BCUT2D eigenvalue weighted by Gasteiger charge is 2.20. The van der Waals surface area contributed by atoms with Gasteiger partial charge in [0, 0.05) is 11.6 Å². The molecule has 0 aliphatic rings. The van der Waals surface area contributed by atoms with E-state index in [-0.39, 0.29) is 5.56 Å². The molecular weight excluding hydrogens is 162 g/mol. The van der Waals surface area contributed by atoms with Gasteiger partial charge in [0.15, 0.2) is 0 Å². The summed E-state index contributed by atoms with van der Waals surface area (Å²) in [6.07, 6.45) is 0. The summed E-state index contributed by atoms with van der Waals surface area (Å²) in [4.78, 5) is 0. The molecule has 0 spiro atoms. The Labute approximate surface area is 69.6 Å². The molecule has 0 radical (unpaired) electrons. The van der Waals surface area contributed by atoms with Crippen molar-refractivity contribution < 1.29 is 8.78 Å². The summed E-state index contributed by atoms with van der Waals surface area (Å²) >= 11 is 0. The van der Waals surface area contributed by atoms with Gasteiger partial charge in [-0.25, -0.2) is 0 Å². The highest BCUT2D eigenvalue weighted by atomic mass is 19.1. The average molecular weight is 172 g/mol. The number of hydrogen-bond acceptors (Lipinski definition) is 2. The van der Waals surface area contributed by atoms with Crippen molar-refractivity contribution in [3.8, 4) is 0 Å². The fourth-order valence-corrected chi connectivity index (χ4v) is 0.879. The standard InChI is InChI=1S/C8H10F2N2/c1-8(2,3)5-4-6(9)11-12-7(5)10/h4H,1-3H3. The molecule has 1 aromatic rings. The van der Waals surface area contributed by atoms with Crippen molar-refractivity contribution in [2.24, 2.45) is 0 Å². The minimum Gasteiger partial charge on any atom is -0.183 e. The molecule has 0 aliphatic carbocycles. The van der Waals surface area contributed by atoms with E-state index in [1.54, 1.807) is 20.8 Å². The highest BCUT2D eigenvalue weighted by molar-refractivity contribution is 5.18. The lowest BCUT2D eigenvalue weighted by Gasteiger charge is -2.17. The maximum absolute atomic E-state index is 12.9. The highest BCUT2D eigenvalue weighted by Crippen LogP contribution is 2.23. The van der Waals surface area contributed by atoms with Crippen molar-refractivity contribution in [2.45, 2.75) is 26.2 Å². The fourth-order valence-electron chi connectivity index (χ4n) is 0.879. The van der Waals surface area contributed by atoms with Crippen LogP contribution in [-0.4, -0.2) is 10.2 Å². The van der Waals surface area contributed by atoms with Gasteiger partial charge in [-0.2, -0.15) is 8.78 Å². The van der Waals surface area contributed by atoms with Crippen molar-refractivity contribution in [2.75, 3.05) is 0 Å². The van der Waals surface area contributed by atoms with Crippen LogP contribution in [0.15, 0.2) is 6.07 Å². The van der Waals surface area contributed by atoms with E-state index in [0.29, 0.717) is 0 Å². The van der Waals surface area contributed by atoms with Crippen LogP contribution in [0.25, 0.3) is 0 Å². The van der Waals surface area contributed by atoms with Gasteiger partial charge in [-0.05, 0) is 5.41 Å².